The maximum atomic E-state index is 13.4. The molecule has 10 heteroatoms. The molecule has 2 aliphatic rings. The Bertz CT molecular complexity index is 1080. The molecular weight excluding hydrogens is 424 g/mol. The van der Waals surface area contributed by atoms with Crippen molar-refractivity contribution >= 4 is 35.0 Å². The second-order valence-corrected chi connectivity index (χ2v) is 9.11. The molecule has 0 unspecified atom stereocenters. The number of rotatable bonds is 6. The van der Waals surface area contributed by atoms with Crippen LogP contribution in [-0.4, -0.2) is 42.1 Å². The maximum absolute atomic E-state index is 13.4. The van der Waals surface area contributed by atoms with Gasteiger partial charge in [-0.1, -0.05) is 35.5 Å². The highest BCUT2D eigenvalue weighted by Crippen LogP contribution is 2.39. The van der Waals surface area contributed by atoms with E-state index in [1.807, 2.05) is 48.0 Å². The summed E-state index contributed by atoms with van der Waals surface area (Å²) in [5.74, 6) is 0.590. The van der Waals surface area contributed by atoms with Crippen LogP contribution in [0, 0.1) is 0 Å². The summed E-state index contributed by atoms with van der Waals surface area (Å²) in [6.07, 6.45) is 4.32. The molecule has 1 fully saturated rings. The minimum Gasteiger partial charge on any atom is -0.467 e. The highest BCUT2D eigenvalue weighted by molar-refractivity contribution is 8.00. The molecule has 154 valence electrons. The van der Waals surface area contributed by atoms with E-state index >= 15 is 0 Å². The van der Waals surface area contributed by atoms with Crippen LogP contribution in [0.3, 0.4) is 0 Å². The van der Waals surface area contributed by atoms with Crippen LogP contribution in [0.4, 0.5) is 0 Å². The average Bonchev–Trinajstić information content (AvgIpc) is 3.15. The van der Waals surface area contributed by atoms with E-state index in [-0.39, 0.29) is 11.9 Å². The van der Waals surface area contributed by atoms with Crippen LogP contribution < -0.4 is 0 Å². The molecular formula is C20H19ClN6O2S. The third kappa shape index (κ3) is 3.75. The van der Waals surface area contributed by atoms with Gasteiger partial charge in [0.25, 0.3) is 5.91 Å². The largest absolute Gasteiger partial charge is 0.467 e. The van der Waals surface area contributed by atoms with Crippen LogP contribution >= 0.6 is 23.4 Å². The van der Waals surface area contributed by atoms with Crippen molar-refractivity contribution in [3.63, 3.8) is 0 Å². The lowest BCUT2D eigenvalue weighted by Crippen LogP contribution is -2.33. The van der Waals surface area contributed by atoms with Crippen LogP contribution in [0.2, 0.25) is 5.02 Å². The highest BCUT2D eigenvalue weighted by Gasteiger charge is 2.38. The zero-order valence-electron chi connectivity index (χ0n) is 16.2. The number of aromatic nitrogens is 4. The number of amides is 1. The van der Waals surface area contributed by atoms with Crippen molar-refractivity contribution in [2.45, 2.75) is 48.7 Å². The van der Waals surface area contributed by atoms with Gasteiger partial charge in [0.1, 0.15) is 11.8 Å². The Labute approximate surface area is 182 Å². The van der Waals surface area contributed by atoms with Crippen LogP contribution in [-0.2, 0) is 4.79 Å². The lowest BCUT2D eigenvalue weighted by Gasteiger charge is -2.22. The number of hydrazone groups is 1. The fourth-order valence-corrected chi connectivity index (χ4v) is 4.47. The van der Waals surface area contributed by atoms with E-state index in [0.717, 1.165) is 24.1 Å². The minimum absolute atomic E-state index is 0.115. The van der Waals surface area contributed by atoms with E-state index in [0.29, 0.717) is 28.4 Å². The van der Waals surface area contributed by atoms with Crippen molar-refractivity contribution < 1.29 is 9.21 Å². The maximum Gasteiger partial charge on any atom is 0.256 e. The summed E-state index contributed by atoms with van der Waals surface area (Å²) < 4.78 is 7.42. The van der Waals surface area contributed by atoms with Gasteiger partial charge in [-0.05, 0) is 60.0 Å². The van der Waals surface area contributed by atoms with Gasteiger partial charge in [-0.15, -0.1) is 5.10 Å². The van der Waals surface area contributed by atoms with Crippen molar-refractivity contribution in [3.8, 4) is 0 Å². The van der Waals surface area contributed by atoms with Crippen molar-refractivity contribution in [2.24, 2.45) is 5.10 Å². The Hall–Kier alpha value is -2.65. The summed E-state index contributed by atoms with van der Waals surface area (Å²) in [5, 5.41) is 19.0. The zero-order chi connectivity index (χ0) is 20.7. The van der Waals surface area contributed by atoms with E-state index in [9.17, 15) is 4.79 Å². The Morgan fingerprint density at radius 3 is 2.77 bits per heavy atom. The molecule has 0 bridgehead atoms. The van der Waals surface area contributed by atoms with Crippen LogP contribution in [0.5, 0.6) is 0 Å². The monoisotopic (exact) mass is 442 g/mol. The first-order valence-corrected chi connectivity index (χ1v) is 11.0. The number of benzene rings is 1. The number of halogens is 1. The molecule has 0 spiro atoms. The van der Waals surface area contributed by atoms with Crippen LogP contribution in [0.25, 0.3) is 0 Å². The van der Waals surface area contributed by atoms with E-state index in [1.165, 1.54) is 16.8 Å². The molecule has 1 aromatic carbocycles. The first-order valence-electron chi connectivity index (χ1n) is 9.74. The van der Waals surface area contributed by atoms with E-state index < -0.39 is 5.25 Å². The van der Waals surface area contributed by atoms with Gasteiger partial charge in [0, 0.05) is 11.4 Å². The van der Waals surface area contributed by atoms with Crippen molar-refractivity contribution in [3.05, 3.63) is 59.0 Å². The molecule has 0 N–H and O–H groups in total. The van der Waals surface area contributed by atoms with E-state index in [4.69, 9.17) is 16.0 Å². The quantitative estimate of drug-likeness (QED) is 0.533. The summed E-state index contributed by atoms with van der Waals surface area (Å²) in [5.41, 5.74) is 1.76. The van der Waals surface area contributed by atoms with Crippen molar-refractivity contribution in [1.82, 2.24) is 25.2 Å². The van der Waals surface area contributed by atoms with Gasteiger partial charge >= 0.3 is 0 Å². The predicted octanol–water partition coefficient (Wildman–Crippen LogP) is 4.11. The van der Waals surface area contributed by atoms with Gasteiger partial charge in [-0.3, -0.25) is 4.79 Å². The average molecular weight is 443 g/mol. The van der Waals surface area contributed by atoms with Crippen molar-refractivity contribution in [1.29, 1.82) is 0 Å². The number of carbonyl (C=O) groups is 1. The van der Waals surface area contributed by atoms with Gasteiger partial charge in [0.05, 0.1) is 23.3 Å². The normalized spacial score (nSPS) is 19.7. The molecule has 1 saturated carbocycles. The number of hydrogen-bond donors (Lipinski definition) is 0. The first kappa shape index (κ1) is 19.3. The predicted molar refractivity (Wildman–Crippen MR) is 112 cm³/mol. The first-order chi connectivity index (χ1) is 14.6. The molecule has 1 aliphatic carbocycles. The molecule has 30 heavy (non-hydrogen) atoms. The summed E-state index contributed by atoms with van der Waals surface area (Å²) in [7, 11) is 0. The summed E-state index contributed by atoms with van der Waals surface area (Å²) in [6, 6.07) is 11.2. The molecule has 0 radical (unpaired) electrons. The third-order valence-corrected chi connectivity index (χ3v) is 6.46. The fraction of sp³-hybridized carbons (Fsp3) is 0.350. The number of furan rings is 1. The Kier molecular flexibility index (Phi) is 5.08. The van der Waals surface area contributed by atoms with Gasteiger partial charge < -0.3 is 4.42 Å². The number of hydrogen-bond acceptors (Lipinski definition) is 7. The molecule has 3 aromatic rings. The third-order valence-electron chi connectivity index (χ3n) is 5.17. The fourth-order valence-electron chi connectivity index (χ4n) is 3.44. The smallest absolute Gasteiger partial charge is 0.256 e. The second-order valence-electron chi connectivity index (χ2n) is 7.37. The second kappa shape index (κ2) is 7.88. The molecule has 1 amide bonds. The Morgan fingerprint density at radius 2 is 2.07 bits per heavy atom. The Morgan fingerprint density at radius 1 is 1.27 bits per heavy atom. The lowest BCUT2D eigenvalue weighted by atomic mass is 10.0. The topological polar surface area (TPSA) is 89.4 Å². The van der Waals surface area contributed by atoms with Crippen LogP contribution in [0.1, 0.15) is 49.6 Å². The zero-order valence-corrected chi connectivity index (χ0v) is 17.8. The molecule has 0 saturated heterocycles. The van der Waals surface area contributed by atoms with Gasteiger partial charge in [-0.25, -0.2) is 9.69 Å². The highest BCUT2D eigenvalue weighted by atomic mass is 35.5. The SMILES string of the molecule is C[C@@H](Sc1nnnn1C1CC1)C(=O)N1N=C(c2ccc(Cl)cc2)C[C@H]1c1ccco1. The molecule has 2 aromatic heterocycles. The van der Waals surface area contributed by atoms with Gasteiger partial charge in [-0.2, -0.15) is 5.10 Å². The van der Waals surface area contributed by atoms with Gasteiger partial charge in [0.15, 0.2) is 0 Å². The van der Waals surface area contributed by atoms with Gasteiger partial charge in [0.2, 0.25) is 5.16 Å². The number of thioether (sulfide) groups is 1. The van der Waals surface area contributed by atoms with E-state index in [2.05, 4.69) is 20.6 Å². The minimum atomic E-state index is -0.403. The number of tetrazole rings is 1. The molecule has 5 rings (SSSR count). The summed E-state index contributed by atoms with van der Waals surface area (Å²) >= 11 is 7.37. The standard InChI is InChI=1S/C20H19ClN6O2S/c1-12(30-20-22-24-25-26(20)15-8-9-15)19(28)27-17(18-3-2-10-29-18)11-16(23-27)13-4-6-14(21)7-5-13/h2-7,10,12,15,17H,8-9,11H2,1H3/t12-,17+/m1/s1. The molecule has 1 aliphatic heterocycles. The summed E-state index contributed by atoms with van der Waals surface area (Å²) in [6.45, 7) is 1.86. The molecule has 3 heterocycles. The summed E-state index contributed by atoms with van der Waals surface area (Å²) in [4.78, 5) is 13.4. The van der Waals surface area contributed by atoms with Crippen LogP contribution in [0.15, 0.2) is 57.3 Å². The van der Waals surface area contributed by atoms with Crippen molar-refractivity contribution in [2.75, 3.05) is 0 Å². The lowest BCUT2D eigenvalue weighted by molar-refractivity contribution is -0.132. The Balaban J connectivity index is 1.40. The van der Waals surface area contributed by atoms with E-state index in [1.54, 1.807) is 6.26 Å². The number of nitrogens with zero attached hydrogens (tertiary/aromatic N) is 6. The number of carbonyl (C=O) groups excluding carboxylic acids is 1. The molecule has 8 nitrogen and oxygen atoms in total. The molecule has 2 atom stereocenters.